The molecule has 2 aromatic carbocycles. The summed E-state index contributed by atoms with van der Waals surface area (Å²) >= 11 is 4.36. The smallest absolute Gasteiger partial charge is 0.368 e. The molecule has 0 aliphatic heterocycles. The molecule has 7 heteroatoms. The Morgan fingerprint density at radius 3 is 2.73 bits per heavy atom. The summed E-state index contributed by atoms with van der Waals surface area (Å²) in [5.74, 6) is 3.40. The number of terminal acetylenes is 1. The largest absolute Gasteiger partial charge is 0.488 e. The van der Waals surface area contributed by atoms with Gasteiger partial charge in [-0.2, -0.15) is 9.36 Å². The standard InChI is InChI=1S/C19H18N4O2S/c1-4-13-7-6-8-17(23-19(24)22(3)20-21-23)16(13)12-25-18-10-9-15(26)11-14(18)5-2/h1,6-11,26H,5,12H2,2-3H3. The van der Waals surface area contributed by atoms with Gasteiger partial charge in [-0.15, -0.1) is 19.1 Å². The van der Waals surface area contributed by atoms with E-state index in [-0.39, 0.29) is 12.3 Å². The number of tetrazole rings is 1. The SMILES string of the molecule is C#Cc1cccc(-n2nnn(C)c2=O)c1COc1ccc(S)cc1CC. The average Bonchev–Trinajstić information content (AvgIpc) is 2.99. The van der Waals surface area contributed by atoms with Gasteiger partial charge in [-0.3, -0.25) is 0 Å². The number of hydrogen-bond donors (Lipinski definition) is 1. The zero-order chi connectivity index (χ0) is 18.7. The van der Waals surface area contributed by atoms with Crippen molar-refractivity contribution < 1.29 is 4.74 Å². The summed E-state index contributed by atoms with van der Waals surface area (Å²) in [5.41, 5.74) is 2.60. The molecule has 6 nitrogen and oxygen atoms in total. The highest BCUT2D eigenvalue weighted by Crippen LogP contribution is 2.25. The van der Waals surface area contributed by atoms with E-state index in [1.165, 1.54) is 4.68 Å². The third-order valence-corrected chi connectivity index (χ3v) is 4.33. The van der Waals surface area contributed by atoms with E-state index < -0.39 is 0 Å². The number of benzene rings is 2. The van der Waals surface area contributed by atoms with Crippen LogP contribution in [0.2, 0.25) is 0 Å². The van der Waals surface area contributed by atoms with Gasteiger partial charge in [0.15, 0.2) is 0 Å². The monoisotopic (exact) mass is 366 g/mol. The highest BCUT2D eigenvalue weighted by Gasteiger charge is 2.15. The van der Waals surface area contributed by atoms with Crippen LogP contribution in [-0.2, 0) is 20.1 Å². The molecule has 0 unspecified atom stereocenters. The van der Waals surface area contributed by atoms with Crippen LogP contribution in [0.5, 0.6) is 5.75 Å². The lowest BCUT2D eigenvalue weighted by molar-refractivity contribution is 0.302. The van der Waals surface area contributed by atoms with Crippen LogP contribution < -0.4 is 10.4 Å². The summed E-state index contributed by atoms with van der Waals surface area (Å²) in [4.78, 5) is 13.1. The zero-order valence-electron chi connectivity index (χ0n) is 14.5. The number of rotatable bonds is 5. The molecule has 0 fully saturated rings. The maximum atomic E-state index is 12.2. The molecule has 0 saturated carbocycles. The van der Waals surface area contributed by atoms with Gasteiger partial charge in [-0.1, -0.05) is 18.9 Å². The Bertz CT molecular complexity index is 1050. The molecule has 0 radical (unpaired) electrons. The molecule has 0 amide bonds. The van der Waals surface area contributed by atoms with E-state index in [1.807, 2.05) is 18.2 Å². The van der Waals surface area contributed by atoms with Crippen molar-refractivity contribution in [1.82, 2.24) is 19.8 Å². The molecule has 1 aromatic heterocycles. The van der Waals surface area contributed by atoms with E-state index in [0.29, 0.717) is 16.8 Å². The summed E-state index contributed by atoms with van der Waals surface area (Å²) < 4.78 is 8.40. The van der Waals surface area contributed by atoms with Crippen molar-refractivity contribution in [3.63, 3.8) is 0 Å². The molecule has 0 atom stereocenters. The molecule has 0 bridgehead atoms. The Balaban J connectivity index is 2.01. The Kier molecular flexibility index (Phi) is 5.14. The first kappa shape index (κ1) is 17.8. The predicted molar refractivity (Wildman–Crippen MR) is 102 cm³/mol. The molecule has 3 rings (SSSR count). The average molecular weight is 366 g/mol. The van der Waals surface area contributed by atoms with E-state index in [1.54, 1.807) is 25.2 Å². The highest BCUT2D eigenvalue weighted by atomic mass is 32.1. The Hall–Kier alpha value is -2.98. The van der Waals surface area contributed by atoms with Crippen LogP contribution in [0.15, 0.2) is 46.1 Å². The minimum Gasteiger partial charge on any atom is -0.488 e. The van der Waals surface area contributed by atoms with E-state index in [9.17, 15) is 4.79 Å². The van der Waals surface area contributed by atoms with Gasteiger partial charge < -0.3 is 4.74 Å². The van der Waals surface area contributed by atoms with E-state index in [4.69, 9.17) is 11.2 Å². The van der Waals surface area contributed by atoms with Crippen molar-refractivity contribution in [2.45, 2.75) is 24.8 Å². The van der Waals surface area contributed by atoms with Crippen LogP contribution in [-0.4, -0.2) is 19.8 Å². The third-order valence-electron chi connectivity index (χ3n) is 4.05. The first-order valence-corrected chi connectivity index (χ1v) is 8.52. The van der Waals surface area contributed by atoms with Gasteiger partial charge in [0.2, 0.25) is 0 Å². The summed E-state index contributed by atoms with van der Waals surface area (Å²) in [5, 5.41) is 7.67. The summed E-state index contributed by atoms with van der Waals surface area (Å²) in [6.45, 7) is 2.26. The number of aromatic nitrogens is 4. The first-order chi connectivity index (χ1) is 12.5. The molecular weight excluding hydrogens is 348 g/mol. The Morgan fingerprint density at radius 1 is 1.27 bits per heavy atom. The molecular formula is C19H18N4O2S. The maximum Gasteiger partial charge on any atom is 0.368 e. The third kappa shape index (κ3) is 3.37. The lowest BCUT2D eigenvalue weighted by atomic mass is 10.1. The first-order valence-electron chi connectivity index (χ1n) is 8.07. The van der Waals surface area contributed by atoms with Gasteiger partial charge in [-0.05, 0) is 52.7 Å². The van der Waals surface area contributed by atoms with Gasteiger partial charge in [0.25, 0.3) is 0 Å². The topological polar surface area (TPSA) is 61.9 Å². The number of ether oxygens (including phenoxy) is 1. The lowest BCUT2D eigenvalue weighted by Gasteiger charge is -2.14. The van der Waals surface area contributed by atoms with Gasteiger partial charge in [0.1, 0.15) is 12.4 Å². The molecule has 0 N–H and O–H groups in total. The molecule has 3 aromatic rings. The van der Waals surface area contributed by atoms with Gasteiger partial charge in [0, 0.05) is 23.1 Å². The van der Waals surface area contributed by atoms with Crippen molar-refractivity contribution in [2.75, 3.05) is 0 Å². The number of thiol groups is 1. The van der Waals surface area contributed by atoms with Crippen LogP contribution in [0.3, 0.4) is 0 Å². The molecule has 132 valence electrons. The number of aryl methyl sites for hydroxylation is 2. The maximum absolute atomic E-state index is 12.2. The second-order valence-corrected chi connectivity index (χ2v) is 6.20. The summed E-state index contributed by atoms with van der Waals surface area (Å²) in [7, 11) is 1.54. The minimum absolute atomic E-state index is 0.206. The van der Waals surface area contributed by atoms with Gasteiger partial charge >= 0.3 is 5.69 Å². The van der Waals surface area contributed by atoms with Crippen molar-refractivity contribution in [2.24, 2.45) is 7.05 Å². The van der Waals surface area contributed by atoms with Crippen LogP contribution in [0.1, 0.15) is 23.6 Å². The van der Waals surface area contributed by atoms with Crippen LogP contribution in [0, 0.1) is 12.3 Å². The highest BCUT2D eigenvalue weighted by molar-refractivity contribution is 7.80. The Morgan fingerprint density at radius 2 is 2.08 bits per heavy atom. The van der Waals surface area contributed by atoms with E-state index in [0.717, 1.165) is 27.3 Å². The predicted octanol–water partition coefficient (Wildman–Crippen LogP) is 2.38. The van der Waals surface area contributed by atoms with Crippen molar-refractivity contribution in [3.8, 4) is 23.8 Å². The summed E-state index contributed by atoms with van der Waals surface area (Å²) in [6.07, 6.45) is 6.46. The van der Waals surface area contributed by atoms with Gasteiger partial charge in [0.05, 0.1) is 5.69 Å². The van der Waals surface area contributed by atoms with Crippen molar-refractivity contribution in [3.05, 3.63) is 63.6 Å². The second-order valence-electron chi connectivity index (χ2n) is 5.68. The fourth-order valence-corrected chi connectivity index (χ4v) is 2.89. The second kappa shape index (κ2) is 7.50. The van der Waals surface area contributed by atoms with Gasteiger partial charge in [-0.25, -0.2) is 4.79 Å². The fourth-order valence-electron chi connectivity index (χ4n) is 2.66. The molecule has 1 heterocycles. The quantitative estimate of drug-likeness (QED) is 0.556. The fraction of sp³-hybridized carbons (Fsp3) is 0.211. The van der Waals surface area contributed by atoms with Crippen LogP contribution in [0.4, 0.5) is 0 Å². The molecule has 0 saturated heterocycles. The number of hydrogen-bond acceptors (Lipinski definition) is 5. The zero-order valence-corrected chi connectivity index (χ0v) is 15.4. The molecule has 0 spiro atoms. The Labute approximate surface area is 156 Å². The van der Waals surface area contributed by atoms with E-state index in [2.05, 4.69) is 35.9 Å². The number of nitrogens with zero attached hydrogens (tertiary/aromatic N) is 4. The van der Waals surface area contributed by atoms with Crippen LogP contribution in [0.25, 0.3) is 5.69 Å². The van der Waals surface area contributed by atoms with Crippen molar-refractivity contribution in [1.29, 1.82) is 0 Å². The molecule has 26 heavy (non-hydrogen) atoms. The molecule has 0 aliphatic carbocycles. The van der Waals surface area contributed by atoms with E-state index >= 15 is 0 Å². The minimum atomic E-state index is -0.353. The normalized spacial score (nSPS) is 10.5. The lowest BCUT2D eigenvalue weighted by Crippen LogP contribution is -2.23. The van der Waals surface area contributed by atoms with Crippen molar-refractivity contribution >= 4 is 12.6 Å². The van der Waals surface area contributed by atoms with Crippen LogP contribution >= 0.6 is 12.6 Å². The molecule has 0 aliphatic rings. The summed E-state index contributed by atoms with van der Waals surface area (Å²) in [6, 6.07) is 11.1.